The predicted molar refractivity (Wildman–Crippen MR) is 92.5 cm³/mol. The number of unbranched alkanes of at least 4 members (excludes halogenated alkanes) is 3. The Morgan fingerprint density at radius 1 is 1.05 bits per heavy atom. The highest BCUT2D eigenvalue weighted by atomic mass is 16.5. The van der Waals surface area contributed by atoms with Crippen LogP contribution in [0.2, 0.25) is 0 Å². The summed E-state index contributed by atoms with van der Waals surface area (Å²) in [6, 6.07) is 5.90. The fourth-order valence-electron chi connectivity index (χ4n) is 2.02. The summed E-state index contributed by atoms with van der Waals surface area (Å²) >= 11 is 0. The van der Waals surface area contributed by atoms with Crippen molar-refractivity contribution in [3.63, 3.8) is 0 Å². The first-order valence-electron chi connectivity index (χ1n) is 8.44. The molecule has 0 saturated heterocycles. The van der Waals surface area contributed by atoms with Crippen LogP contribution >= 0.6 is 0 Å². The Bertz CT molecular complexity index is 409. The highest BCUT2D eigenvalue weighted by Crippen LogP contribution is 2.21. The number of hydrogen-bond donors (Lipinski definition) is 0. The van der Waals surface area contributed by atoms with Crippen LogP contribution < -0.4 is 4.74 Å². The molecule has 1 aromatic carbocycles. The van der Waals surface area contributed by atoms with E-state index in [0.29, 0.717) is 6.61 Å². The number of esters is 1. The Hall–Kier alpha value is -1.51. The number of benzene rings is 1. The lowest BCUT2D eigenvalue weighted by molar-refractivity contribution is -0.142. The molecule has 0 aliphatic rings. The molecule has 3 nitrogen and oxygen atoms in total. The highest BCUT2D eigenvalue weighted by Gasteiger charge is 2.09. The Labute approximate surface area is 136 Å². The lowest BCUT2D eigenvalue weighted by Crippen LogP contribution is -2.08. The second-order valence-corrected chi connectivity index (χ2v) is 5.19. The minimum absolute atomic E-state index is 0.218. The third-order valence-corrected chi connectivity index (χ3v) is 3.36. The normalized spacial score (nSPS) is 9.68. The molecule has 0 spiro atoms. The van der Waals surface area contributed by atoms with Crippen LogP contribution in [0.1, 0.15) is 64.5 Å². The smallest absolute Gasteiger partial charge is 0.310 e. The van der Waals surface area contributed by atoms with Gasteiger partial charge in [0.1, 0.15) is 5.75 Å². The van der Waals surface area contributed by atoms with Crippen LogP contribution in [0.25, 0.3) is 0 Å². The summed E-state index contributed by atoms with van der Waals surface area (Å²) in [6.07, 6.45) is 6.76. The predicted octanol–water partition coefficient (Wildman–Crippen LogP) is 4.95. The third-order valence-electron chi connectivity index (χ3n) is 3.36. The molecule has 0 N–H and O–H groups in total. The van der Waals surface area contributed by atoms with Crippen molar-refractivity contribution in [2.24, 2.45) is 0 Å². The standard InChI is InChI=1S/C13H18O3.C6H14/c1-4-10-6-7-11(12(8-10)15-3)9-13(14)16-5-2;1-3-5-6-4-2/h6-8H,4-5,9H2,1-3H3;3-6H2,1-2H3. The molecule has 0 atom stereocenters. The zero-order chi connectivity index (χ0) is 16.8. The molecular formula is C19H32O3. The number of hydrogen-bond acceptors (Lipinski definition) is 3. The van der Waals surface area contributed by atoms with Crippen LogP contribution in [-0.2, 0) is 22.4 Å². The molecule has 0 bridgehead atoms. The Balaban J connectivity index is 0.000000626. The molecule has 0 heterocycles. The summed E-state index contributed by atoms with van der Waals surface area (Å²) in [5.74, 6) is 0.539. The van der Waals surface area contributed by atoms with Gasteiger partial charge in [-0.25, -0.2) is 0 Å². The SMILES string of the molecule is CCCCCC.CCOC(=O)Cc1ccc(CC)cc1OC. The molecule has 0 saturated carbocycles. The average Bonchev–Trinajstić information content (AvgIpc) is 2.54. The van der Waals surface area contributed by atoms with Gasteiger partial charge in [-0.1, -0.05) is 58.6 Å². The summed E-state index contributed by atoms with van der Waals surface area (Å²) in [4.78, 5) is 11.4. The molecule has 0 amide bonds. The molecule has 0 radical (unpaired) electrons. The van der Waals surface area contributed by atoms with Gasteiger partial charge in [0.05, 0.1) is 20.1 Å². The summed E-state index contributed by atoms with van der Waals surface area (Å²) in [5.41, 5.74) is 2.07. The van der Waals surface area contributed by atoms with Gasteiger partial charge in [-0.05, 0) is 25.0 Å². The molecular weight excluding hydrogens is 276 g/mol. The third kappa shape index (κ3) is 8.71. The van der Waals surface area contributed by atoms with Crippen LogP contribution in [0.3, 0.4) is 0 Å². The molecule has 0 unspecified atom stereocenters. The number of aryl methyl sites for hydroxylation is 1. The second kappa shape index (κ2) is 13.2. The van der Waals surface area contributed by atoms with E-state index in [2.05, 4.69) is 20.8 Å². The van der Waals surface area contributed by atoms with Gasteiger partial charge < -0.3 is 9.47 Å². The van der Waals surface area contributed by atoms with Crippen molar-refractivity contribution in [2.75, 3.05) is 13.7 Å². The largest absolute Gasteiger partial charge is 0.496 e. The van der Waals surface area contributed by atoms with Crippen molar-refractivity contribution in [2.45, 2.75) is 66.2 Å². The van der Waals surface area contributed by atoms with E-state index in [1.54, 1.807) is 14.0 Å². The van der Waals surface area contributed by atoms with E-state index in [9.17, 15) is 4.79 Å². The molecule has 0 fully saturated rings. The van der Waals surface area contributed by atoms with E-state index in [4.69, 9.17) is 9.47 Å². The lowest BCUT2D eigenvalue weighted by Gasteiger charge is -2.09. The quantitative estimate of drug-likeness (QED) is 0.503. The van der Waals surface area contributed by atoms with Crippen LogP contribution in [0, 0.1) is 0 Å². The molecule has 3 heteroatoms. The van der Waals surface area contributed by atoms with Crippen LogP contribution in [-0.4, -0.2) is 19.7 Å². The topological polar surface area (TPSA) is 35.5 Å². The van der Waals surface area contributed by atoms with E-state index in [1.165, 1.54) is 31.2 Å². The van der Waals surface area contributed by atoms with Crippen molar-refractivity contribution in [3.8, 4) is 5.75 Å². The van der Waals surface area contributed by atoms with E-state index in [0.717, 1.165) is 17.7 Å². The Morgan fingerprint density at radius 2 is 1.68 bits per heavy atom. The van der Waals surface area contributed by atoms with Gasteiger partial charge >= 0.3 is 5.97 Å². The lowest BCUT2D eigenvalue weighted by atomic mass is 10.1. The molecule has 0 aliphatic heterocycles. The summed E-state index contributed by atoms with van der Waals surface area (Å²) in [6.45, 7) is 8.76. The highest BCUT2D eigenvalue weighted by molar-refractivity contribution is 5.73. The number of carbonyl (C=O) groups is 1. The Kier molecular flexibility index (Phi) is 12.3. The van der Waals surface area contributed by atoms with E-state index < -0.39 is 0 Å². The van der Waals surface area contributed by atoms with Crippen LogP contribution in [0.5, 0.6) is 5.75 Å². The van der Waals surface area contributed by atoms with E-state index >= 15 is 0 Å². The van der Waals surface area contributed by atoms with Crippen molar-refractivity contribution in [3.05, 3.63) is 29.3 Å². The average molecular weight is 308 g/mol. The summed E-state index contributed by atoms with van der Waals surface area (Å²) in [7, 11) is 1.61. The van der Waals surface area contributed by atoms with Gasteiger partial charge in [0.2, 0.25) is 0 Å². The first-order valence-corrected chi connectivity index (χ1v) is 8.44. The van der Waals surface area contributed by atoms with Crippen molar-refractivity contribution in [1.29, 1.82) is 0 Å². The first-order chi connectivity index (χ1) is 10.6. The van der Waals surface area contributed by atoms with E-state index in [-0.39, 0.29) is 12.4 Å². The molecule has 1 rings (SSSR count). The zero-order valence-corrected chi connectivity index (χ0v) is 14.9. The number of methoxy groups -OCH3 is 1. The van der Waals surface area contributed by atoms with Gasteiger partial charge in [-0.3, -0.25) is 4.79 Å². The fourth-order valence-corrected chi connectivity index (χ4v) is 2.02. The molecule has 22 heavy (non-hydrogen) atoms. The van der Waals surface area contributed by atoms with Crippen molar-refractivity contribution < 1.29 is 14.3 Å². The summed E-state index contributed by atoms with van der Waals surface area (Å²) < 4.78 is 10.2. The number of rotatable bonds is 8. The number of ether oxygens (including phenoxy) is 2. The zero-order valence-electron chi connectivity index (χ0n) is 14.9. The molecule has 126 valence electrons. The van der Waals surface area contributed by atoms with Gasteiger partial charge in [-0.2, -0.15) is 0 Å². The minimum atomic E-state index is -0.218. The van der Waals surface area contributed by atoms with Crippen molar-refractivity contribution >= 4 is 5.97 Å². The van der Waals surface area contributed by atoms with Crippen LogP contribution in [0.4, 0.5) is 0 Å². The van der Waals surface area contributed by atoms with Crippen LogP contribution in [0.15, 0.2) is 18.2 Å². The molecule has 1 aromatic rings. The maximum atomic E-state index is 11.4. The number of carbonyl (C=O) groups excluding carboxylic acids is 1. The molecule has 0 aromatic heterocycles. The second-order valence-electron chi connectivity index (χ2n) is 5.19. The summed E-state index contributed by atoms with van der Waals surface area (Å²) in [5, 5.41) is 0. The monoisotopic (exact) mass is 308 g/mol. The minimum Gasteiger partial charge on any atom is -0.496 e. The van der Waals surface area contributed by atoms with Gasteiger partial charge in [0, 0.05) is 5.56 Å². The van der Waals surface area contributed by atoms with Gasteiger partial charge in [0.15, 0.2) is 0 Å². The van der Waals surface area contributed by atoms with E-state index in [1.807, 2.05) is 18.2 Å². The maximum Gasteiger partial charge on any atom is 0.310 e. The van der Waals surface area contributed by atoms with Crippen molar-refractivity contribution in [1.82, 2.24) is 0 Å². The van der Waals surface area contributed by atoms with Gasteiger partial charge in [0.25, 0.3) is 0 Å². The van der Waals surface area contributed by atoms with Gasteiger partial charge in [-0.15, -0.1) is 0 Å². The first kappa shape index (κ1) is 20.5. The molecule has 0 aliphatic carbocycles. The fraction of sp³-hybridized carbons (Fsp3) is 0.632. The Morgan fingerprint density at radius 3 is 2.14 bits per heavy atom. The maximum absolute atomic E-state index is 11.4.